The first kappa shape index (κ1) is 26.7. The van der Waals surface area contributed by atoms with Crippen molar-refractivity contribution in [2.75, 3.05) is 32.6 Å². The normalized spacial score (nSPS) is 14.9. The Kier molecular flexibility index (Phi) is 8.39. The lowest BCUT2D eigenvalue weighted by Crippen LogP contribution is -2.41. The summed E-state index contributed by atoms with van der Waals surface area (Å²) in [6.45, 7) is 0.554. The number of hydrogen-bond donors (Lipinski definition) is 1. The van der Waals surface area contributed by atoms with E-state index in [2.05, 4.69) is 37.2 Å². The van der Waals surface area contributed by atoms with Crippen LogP contribution in [0.1, 0.15) is 12.8 Å². The molecule has 1 N–H and O–H groups in total. The van der Waals surface area contributed by atoms with Gasteiger partial charge in [-0.1, -0.05) is 28.1 Å². The fraction of sp³-hybridized carbons (Fsp3) is 0.269. The molecule has 4 rings (SSSR count). The summed E-state index contributed by atoms with van der Waals surface area (Å²) in [6.07, 6.45) is 0.885. The molecule has 0 spiro atoms. The van der Waals surface area contributed by atoms with E-state index >= 15 is 0 Å². The van der Waals surface area contributed by atoms with Crippen molar-refractivity contribution in [2.24, 2.45) is 5.92 Å². The van der Waals surface area contributed by atoms with Crippen molar-refractivity contribution in [1.29, 1.82) is 0 Å². The van der Waals surface area contributed by atoms with Crippen molar-refractivity contribution in [3.63, 3.8) is 0 Å². The number of halogens is 2. The first-order chi connectivity index (χ1) is 17.2. The predicted molar refractivity (Wildman–Crippen MR) is 147 cm³/mol. The third kappa shape index (κ3) is 5.77. The fourth-order valence-electron chi connectivity index (χ4n) is 4.20. The summed E-state index contributed by atoms with van der Waals surface area (Å²) in [5.41, 5.74) is 2.43. The summed E-state index contributed by atoms with van der Waals surface area (Å²) in [4.78, 5) is 13.2. The number of hydrogen-bond acceptors (Lipinski definition) is 5. The summed E-state index contributed by atoms with van der Waals surface area (Å²) in [7, 11) is -0.448. The van der Waals surface area contributed by atoms with E-state index in [-0.39, 0.29) is 29.8 Å². The maximum Gasteiger partial charge on any atom is 0.244 e. The number of amides is 1. The molecule has 0 saturated carbocycles. The Hall–Kier alpha value is -2.40. The number of methoxy groups -OCH3 is 2. The Balaban J connectivity index is 1.44. The molecule has 1 saturated heterocycles. The largest absolute Gasteiger partial charge is 0.497 e. The van der Waals surface area contributed by atoms with Crippen molar-refractivity contribution >= 4 is 53.5 Å². The van der Waals surface area contributed by atoms with Gasteiger partial charge in [0.2, 0.25) is 15.9 Å². The zero-order chi connectivity index (χ0) is 25.9. The predicted octanol–water partition coefficient (Wildman–Crippen LogP) is 5.94. The Morgan fingerprint density at radius 3 is 2.28 bits per heavy atom. The molecule has 0 unspecified atom stereocenters. The average molecular weight is 638 g/mol. The highest BCUT2D eigenvalue weighted by Crippen LogP contribution is 2.34. The highest BCUT2D eigenvalue weighted by Gasteiger charge is 2.33. The number of benzene rings is 3. The zero-order valence-electron chi connectivity index (χ0n) is 19.8. The lowest BCUT2D eigenvalue weighted by Gasteiger charge is -2.31. The van der Waals surface area contributed by atoms with Crippen LogP contribution in [0.15, 0.2) is 74.5 Å². The molecule has 0 radical (unpaired) electrons. The molecule has 3 aromatic rings. The van der Waals surface area contributed by atoms with Crippen LogP contribution in [0.4, 0.5) is 5.69 Å². The van der Waals surface area contributed by atoms with Gasteiger partial charge in [-0.25, -0.2) is 8.42 Å². The minimum atomic E-state index is -3.67. The zero-order valence-corrected chi connectivity index (χ0v) is 23.8. The van der Waals surface area contributed by atoms with Gasteiger partial charge >= 0.3 is 0 Å². The number of piperidine rings is 1. The second-order valence-electron chi connectivity index (χ2n) is 8.39. The molecule has 1 heterocycles. The van der Waals surface area contributed by atoms with E-state index in [1.807, 2.05) is 36.4 Å². The van der Waals surface area contributed by atoms with Crippen LogP contribution in [0.5, 0.6) is 11.5 Å². The number of nitrogens with one attached hydrogen (secondary N) is 1. The van der Waals surface area contributed by atoms with Gasteiger partial charge in [-0.05, 0) is 82.9 Å². The van der Waals surface area contributed by atoms with Gasteiger partial charge in [0.1, 0.15) is 11.5 Å². The first-order valence-corrected chi connectivity index (χ1v) is 14.3. The Morgan fingerprint density at radius 1 is 0.944 bits per heavy atom. The lowest BCUT2D eigenvalue weighted by molar-refractivity contribution is -0.120. The molecule has 1 aliphatic heterocycles. The molecule has 1 fully saturated rings. The molecule has 0 aliphatic carbocycles. The Bertz CT molecular complexity index is 1360. The second-order valence-corrected chi connectivity index (χ2v) is 12.1. The summed E-state index contributed by atoms with van der Waals surface area (Å²) in [6, 6.07) is 18.2. The van der Waals surface area contributed by atoms with Crippen LogP contribution >= 0.6 is 31.9 Å². The third-order valence-corrected chi connectivity index (χ3v) is 9.59. The highest BCUT2D eigenvalue weighted by molar-refractivity contribution is 9.11. The van der Waals surface area contributed by atoms with E-state index in [1.54, 1.807) is 38.5 Å². The van der Waals surface area contributed by atoms with Gasteiger partial charge in [0.25, 0.3) is 0 Å². The van der Waals surface area contributed by atoms with Crippen LogP contribution in [-0.2, 0) is 14.8 Å². The third-order valence-electron chi connectivity index (χ3n) is 6.20. The topological polar surface area (TPSA) is 84.9 Å². The Morgan fingerprint density at radius 2 is 1.64 bits per heavy atom. The molecule has 0 bridgehead atoms. The number of carbonyl (C=O) groups excluding carboxylic acids is 1. The van der Waals surface area contributed by atoms with E-state index in [9.17, 15) is 13.2 Å². The second kappa shape index (κ2) is 11.3. The Labute approximate surface area is 228 Å². The van der Waals surface area contributed by atoms with Gasteiger partial charge in [0.05, 0.1) is 19.1 Å². The van der Waals surface area contributed by atoms with E-state index < -0.39 is 10.0 Å². The smallest absolute Gasteiger partial charge is 0.244 e. The molecular formula is C26H26Br2N2O5S. The summed E-state index contributed by atoms with van der Waals surface area (Å²) >= 11 is 6.68. The molecule has 36 heavy (non-hydrogen) atoms. The van der Waals surface area contributed by atoms with Crippen molar-refractivity contribution in [2.45, 2.75) is 17.7 Å². The number of carbonyl (C=O) groups is 1. The summed E-state index contributed by atoms with van der Waals surface area (Å²) in [5.74, 6) is 1.04. The molecule has 10 heteroatoms. The highest BCUT2D eigenvalue weighted by atomic mass is 79.9. The molecule has 0 aromatic heterocycles. The van der Waals surface area contributed by atoms with E-state index in [1.165, 1.54) is 4.31 Å². The number of sulfonamides is 1. The van der Waals surface area contributed by atoms with Crippen LogP contribution in [0, 0.1) is 5.92 Å². The quantitative estimate of drug-likeness (QED) is 0.347. The fourth-order valence-corrected chi connectivity index (χ4v) is 7.13. The number of nitrogens with zero attached hydrogens (tertiary/aromatic N) is 1. The van der Waals surface area contributed by atoms with Crippen LogP contribution in [0.25, 0.3) is 11.1 Å². The van der Waals surface area contributed by atoms with Crippen molar-refractivity contribution in [3.8, 4) is 22.6 Å². The maximum atomic E-state index is 13.2. The van der Waals surface area contributed by atoms with Crippen molar-refractivity contribution in [3.05, 3.63) is 69.6 Å². The van der Waals surface area contributed by atoms with Gasteiger partial charge in [0, 0.05) is 39.2 Å². The van der Waals surface area contributed by atoms with Crippen molar-refractivity contribution in [1.82, 2.24) is 4.31 Å². The minimum absolute atomic E-state index is 0.124. The van der Waals surface area contributed by atoms with Crippen molar-refractivity contribution < 1.29 is 22.7 Å². The molecule has 1 amide bonds. The van der Waals surface area contributed by atoms with Crippen LogP contribution in [0.3, 0.4) is 0 Å². The molecule has 190 valence electrons. The molecule has 0 atom stereocenters. The standard InChI is InChI=1S/C26H26Br2N2O5S/c1-34-21-7-3-17(4-8-21)22-16-20(6-10-24(22)35-2)29-26(31)18-11-13-30(14-12-18)36(32,33)25-15-19(27)5-9-23(25)28/h3-10,15-16,18H,11-14H2,1-2H3,(H,29,31). The minimum Gasteiger partial charge on any atom is -0.497 e. The van der Waals surface area contributed by atoms with E-state index in [0.29, 0.717) is 33.2 Å². The van der Waals surface area contributed by atoms with Crippen LogP contribution < -0.4 is 14.8 Å². The van der Waals surface area contributed by atoms with Gasteiger partial charge in [-0.2, -0.15) is 4.31 Å². The SMILES string of the molecule is COc1ccc(-c2cc(NC(=O)C3CCN(S(=O)(=O)c4cc(Br)ccc4Br)CC3)ccc2OC)cc1. The lowest BCUT2D eigenvalue weighted by atomic mass is 9.97. The number of rotatable bonds is 7. The van der Waals surface area contributed by atoms with Crippen LogP contribution in [0.2, 0.25) is 0 Å². The van der Waals surface area contributed by atoms with E-state index in [0.717, 1.165) is 16.9 Å². The maximum absolute atomic E-state index is 13.2. The van der Waals surface area contributed by atoms with Gasteiger partial charge in [-0.3, -0.25) is 4.79 Å². The summed E-state index contributed by atoms with van der Waals surface area (Å²) in [5, 5.41) is 3.00. The molecule has 1 aliphatic rings. The first-order valence-electron chi connectivity index (χ1n) is 11.3. The number of ether oxygens (including phenoxy) is 2. The number of anilines is 1. The van der Waals surface area contributed by atoms with Gasteiger partial charge in [-0.15, -0.1) is 0 Å². The monoisotopic (exact) mass is 636 g/mol. The van der Waals surface area contributed by atoms with Gasteiger partial charge in [0.15, 0.2) is 0 Å². The summed E-state index contributed by atoms with van der Waals surface area (Å²) < 4.78 is 39.7. The molecule has 3 aromatic carbocycles. The van der Waals surface area contributed by atoms with Gasteiger partial charge < -0.3 is 14.8 Å². The van der Waals surface area contributed by atoms with E-state index in [4.69, 9.17) is 9.47 Å². The average Bonchev–Trinajstić information content (AvgIpc) is 2.90. The molecule has 7 nitrogen and oxygen atoms in total. The van der Waals surface area contributed by atoms with Crippen LogP contribution in [-0.4, -0.2) is 45.9 Å². The molecular weight excluding hydrogens is 612 g/mol.